The molecule has 0 spiro atoms. The molecule has 2 aromatic rings. The Hall–Kier alpha value is -2.01. The monoisotopic (exact) mass is 326 g/mol. The molecule has 3 N–H and O–H groups in total. The summed E-state index contributed by atoms with van der Waals surface area (Å²) in [5.41, 5.74) is 7.76. The minimum absolute atomic E-state index is 0.148. The molecule has 0 amide bonds. The van der Waals surface area contributed by atoms with Crippen LogP contribution in [0.3, 0.4) is 0 Å². The molecule has 0 saturated heterocycles. The summed E-state index contributed by atoms with van der Waals surface area (Å²) < 4.78 is 13.7. The zero-order valence-corrected chi connectivity index (χ0v) is 13.7. The lowest BCUT2D eigenvalue weighted by Crippen LogP contribution is -2.35. The Kier molecular flexibility index (Phi) is 4.19. The van der Waals surface area contributed by atoms with Gasteiger partial charge in [-0.2, -0.15) is 0 Å². The largest absolute Gasteiger partial charge is 0.370 e. The summed E-state index contributed by atoms with van der Waals surface area (Å²) in [6.07, 6.45) is 5.02. The second-order valence-corrected chi connectivity index (χ2v) is 7.01. The molecule has 2 fully saturated rings. The van der Waals surface area contributed by atoms with E-state index in [2.05, 4.69) is 10.3 Å². The molecule has 0 bridgehead atoms. The summed E-state index contributed by atoms with van der Waals surface area (Å²) in [6.45, 7) is 0.658. The van der Waals surface area contributed by atoms with Crippen molar-refractivity contribution >= 4 is 5.82 Å². The average Bonchev–Trinajstić information content (AvgIpc) is 3.38. The van der Waals surface area contributed by atoms with Crippen LogP contribution >= 0.6 is 0 Å². The predicted molar refractivity (Wildman–Crippen MR) is 92.6 cm³/mol. The van der Waals surface area contributed by atoms with E-state index in [1.165, 1.54) is 18.9 Å². The number of anilines is 1. The molecule has 0 unspecified atom stereocenters. The molecule has 2 saturated carbocycles. The first-order valence-corrected chi connectivity index (χ1v) is 8.81. The summed E-state index contributed by atoms with van der Waals surface area (Å²) in [7, 11) is 0. The Morgan fingerprint density at radius 3 is 2.62 bits per heavy atom. The lowest BCUT2D eigenvalue weighted by molar-refractivity contribution is 0.344. The summed E-state index contributed by atoms with van der Waals surface area (Å²) in [6, 6.07) is 9.27. The Morgan fingerprint density at radius 2 is 1.92 bits per heavy atom. The summed E-state index contributed by atoms with van der Waals surface area (Å²) in [4.78, 5) is 9.43. The fourth-order valence-electron chi connectivity index (χ4n) is 3.24. The Balaban J connectivity index is 1.45. The van der Waals surface area contributed by atoms with Crippen molar-refractivity contribution in [3.63, 3.8) is 0 Å². The van der Waals surface area contributed by atoms with Gasteiger partial charge in [-0.15, -0.1) is 0 Å². The second kappa shape index (κ2) is 6.48. The maximum atomic E-state index is 13.7. The third-order valence-corrected chi connectivity index (χ3v) is 4.96. The van der Waals surface area contributed by atoms with Gasteiger partial charge < -0.3 is 11.1 Å². The molecule has 126 valence electrons. The Bertz CT molecular complexity index is 723. The van der Waals surface area contributed by atoms with E-state index in [9.17, 15) is 4.39 Å². The van der Waals surface area contributed by atoms with Crippen LogP contribution in [0.25, 0.3) is 0 Å². The van der Waals surface area contributed by atoms with Crippen molar-refractivity contribution in [1.82, 2.24) is 9.97 Å². The molecule has 5 heteroatoms. The first kappa shape index (κ1) is 15.5. The third-order valence-electron chi connectivity index (χ3n) is 4.96. The lowest BCUT2D eigenvalue weighted by atomic mass is 9.78. The van der Waals surface area contributed by atoms with E-state index in [1.54, 1.807) is 6.07 Å². The fraction of sp³-hybridized carbons (Fsp3) is 0.474. The number of nitrogens with two attached hydrogens (primary N) is 1. The number of nitrogens with zero attached hydrogens (tertiary/aromatic N) is 2. The predicted octanol–water partition coefficient (Wildman–Crippen LogP) is 3.35. The molecule has 1 aromatic heterocycles. The van der Waals surface area contributed by atoms with Crippen molar-refractivity contribution in [2.75, 3.05) is 11.9 Å². The van der Waals surface area contributed by atoms with Crippen molar-refractivity contribution in [3.05, 3.63) is 53.2 Å². The molecular weight excluding hydrogens is 303 g/mol. The molecular formula is C19H23FN4. The van der Waals surface area contributed by atoms with Gasteiger partial charge in [0, 0.05) is 36.2 Å². The van der Waals surface area contributed by atoms with Gasteiger partial charge in [0.15, 0.2) is 0 Å². The summed E-state index contributed by atoms with van der Waals surface area (Å²) in [5.74, 6) is 2.66. The molecule has 4 nitrogen and oxygen atoms in total. The number of rotatable bonds is 6. The quantitative estimate of drug-likeness (QED) is 0.854. The van der Waals surface area contributed by atoms with Crippen molar-refractivity contribution < 1.29 is 4.39 Å². The van der Waals surface area contributed by atoms with Gasteiger partial charge in [0.2, 0.25) is 0 Å². The van der Waals surface area contributed by atoms with Crippen molar-refractivity contribution in [2.24, 2.45) is 5.73 Å². The van der Waals surface area contributed by atoms with Crippen molar-refractivity contribution in [1.29, 1.82) is 0 Å². The van der Waals surface area contributed by atoms with E-state index in [4.69, 9.17) is 10.7 Å². The number of hydrogen-bond acceptors (Lipinski definition) is 4. The van der Waals surface area contributed by atoms with Crippen molar-refractivity contribution in [2.45, 2.75) is 50.0 Å². The maximum Gasteiger partial charge on any atom is 0.134 e. The highest BCUT2D eigenvalue weighted by Gasteiger charge is 2.32. The lowest BCUT2D eigenvalue weighted by Gasteiger charge is -2.32. The minimum atomic E-state index is -0.148. The van der Waals surface area contributed by atoms with Gasteiger partial charge in [-0.1, -0.05) is 18.2 Å². The Morgan fingerprint density at radius 1 is 1.12 bits per heavy atom. The van der Waals surface area contributed by atoms with Gasteiger partial charge >= 0.3 is 0 Å². The number of benzene rings is 1. The first-order valence-electron chi connectivity index (χ1n) is 8.81. The van der Waals surface area contributed by atoms with Crippen molar-refractivity contribution in [3.8, 4) is 0 Å². The van der Waals surface area contributed by atoms with Crippen LogP contribution < -0.4 is 11.1 Å². The van der Waals surface area contributed by atoms with Crippen LogP contribution in [0, 0.1) is 5.82 Å². The minimum Gasteiger partial charge on any atom is -0.370 e. The Labute approximate surface area is 141 Å². The molecule has 0 aliphatic heterocycles. The molecule has 24 heavy (non-hydrogen) atoms. The highest BCUT2D eigenvalue weighted by molar-refractivity contribution is 5.39. The molecule has 2 aliphatic carbocycles. The van der Waals surface area contributed by atoms with Crippen LogP contribution in [0.1, 0.15) is 54.6 Å². The molecule has 0 atom stereocenters. The topological polar surface area (TPSA) is 63.8 Å². The number of aromatic nitrogens is 2. The highest BCUT2D eigenvalue weighted by atomic mass is 19.1. The van der Waals surface area contributed by atoms with E-state index in [0.717, 1.165) is 35.7 Å². The highest BCUT2D eigenvalue weighted by Crippen LogP contribution is 2.41. The summed E-state index contributed by atoms with van der Waals surface area (Å²) in [5, 5.41) is 3.35. The SMILES string of the molecule is NC1CC(c2cc(NCCc3ccccc3F)nc(C3CC3)n2)C1. The van der Waals surface area contributed by atoms with Crippen LogP contribution in [-0.2, 0) is 6.42 Å². The molecule has 1 aromatic carbocycles. The van der Waals surface area contributed by atoms with E-state index >= 15 is 0 Å². The van der Waals surface area contributed by atoms with Gasteiger partial charge in [-0.05, 0) is 43.7 Å². The zero-order chi connectivity index (χ0) is 16.5. The van der Waals surface area contributed by atoms with Gasteiger partial charge in [0.1, 0.15) is 17.5 Å². The van der Waals surface area contributed by atoms with E-state index in [-0.39, 0.29) is 5.82 Å². The van der Waals surface area contributed by atoms with E-state index < -0.39 is 0 Å². The molecule has 4 rings (SSSR count). The number of halogens is 1. The fourth-order valence-corrected chi connectivity index (χ4v) is 3.24. The zero-order valence-electron chi connectivity index (χ0n) is 13.7. The van der Waals surface area contributed by atoms with Crippen LogP contribution in [0.5, 0.6) is 0 Å². The molecule has 0 radical (unpaired) electrons. The van der Waals surface area contributed by atoms with Crippen LogP contribution in [0.15, 0.2) is 30.3 Å². The smallest absolute Gasteiger partial charge is 0.134 e. The normalized spacial score (nSPS) is 22.9. The van der Waals surface area contributed by atoms with E-state index in [1.807, 2.05) is 18.2 Å². The third kappa shape index (κ3) is 3.41. The standard InChI is InChI=1S/C19H23FN4/c20-16-4-2-1-3-12(16)7-8-22-18-11-17(14-9-15(21)10-14)23-19(24-18)13-5-6-13/h1-4,11,13-15H,5-10,21H2,(H,22,23,24). The van der Waals surface area contributed by atoms with Crippen LogP contribution in [0.4, 0.5) is 10.2 Å². The van der Waals surface area contributed by atoms with E-state index in [0.29, 0.717) is 30.8 Å². The van der Waals surface area contributed by atoms with Crippen LogP contribution in [0.2, 0.25) is 0 Å². The number of nitrogens with one attached hydrogen (secondary N) is 1. The average molecular weight is 326 g/mol. The summed E-state index contributed by atoms with van der Waals surface area (Å²) >= 11 is 0. The molecule has 2 aliphatic rings. The van der Waals surface area contributed by atoms with Gasteiger partial charge in [0.25, 0.3) is 0 Å². The van der Waals surface area contributed by atoms with Gasteiger partial charge in [-0.3, -0.25) is 0 Å². The van der Waals surface area contributed by atoms with Crippen LogP contribution in [-0.4, -0.2) is 22.6 Å². The number of hydrogen-bond donors (Lipinski definition) is 2. The first-order chi connectivity index (χ1) is 11.7. The second-order valence-electron chi connectivity index (χ2n) is 7.01. The molecule has 1 heterocycles. The van der Waals surface area contributed by atoms with Gasteiger partial charge in [-0.25, -0.2) is 14.4 Å². The maximum absolute atomic E-state index is 13.7. The van der Waals surface area contributed by atoms with Gasteiger partial charge in [0.05, 0.1) is 0 Å².